The molecule has 158 valence electrons. The first-order chi connectivity index (χ1) is 13.5. The van der Waals surface area contributed by atoms with Crippen LogP contribution in [0.5, 0.6) is 0 Å². The molecule has 0 aromatic heterocycles. The van der Waals surface area contributed by atoms with Crippen LogP contribution in [0.2, 0.25) is 5.02 Å². The summed E-state index contributed by atoms with van der Waals surface area (Å²) in [5.74, 6) is -0.865. The Morgan fingerprint density at radius 1 is 1.03 bits per heavy atom. The Labute approximate surface area is 175 Å². The van der Waals surface area contributed by atoms with Gasteiger partial charge in [-0.15, -0.1) is 0 Å². The maximum absolute atomic E-state index is 13.6. The van der Waals surface area contributed by atoms with E-state index in [1.165, 1.54) is 24.3 Å². The molecule has 0 saturated carbocycles. The highest BCUT2D eigenvalue weighted by Crippen LogP contribution is 2.42. The number of nitrogens with two attached hydrogens (primary N) is 1. The van der Waals surface area contributed by atoms with E-state index in [9.17, 15) is 23.1 Å². The van der Waals surface area contributed by atoms with Gasteiger partial charge in [-0.25, -0.2) is 0 Å². The minimum absolute atomic E-state index is 0.00127. The van der Waals surface area contributed by atoms with Crippen molar-refractivity contribution in [3.8, 4) is 11.1 Å². The van der Waals surface area contributed by atoms with E-state index in [4.69, 9.17) is 22.4 Å². The largest absolute Gasteiger partial charge is 0.480 e. The lowest BCUT2D eigenvalue weighted by Gasteiger charge is -2.31. The van der Waals surface area contributed by atoms with Crippen LogP contribution in [0, 0.1) is 0 Å². The van der Waals surface area contributed by atoms with Gasteiger partial charge in [0.2, 0.25) is 0 Å². The number of aliphatic carboxylic acids is 1. The van der Waals surface area contributed by atoms with Gasteiger partial charge in [-0.1, -0.05) is 48.0 Å². The quantitative estimate of drug-likeness (QED) is 0.486. The monoisotopic (exact) mass is 447 g/mol. The van der Waals surface area contributed by atoms with Crippen LogP contribution in [0.1, 0.15) is 18.4 Å². The molecule has 2 rings (SSSR count). The molecule has 2 unspecified atom stereocenters. The molecule has 2 atom stereocenters. The first-order valence-electron chi connectivity index (χ1n) is 8.76. The Bertz CT molecular complexity index is 815. The summed E-state index contributed by atoms with van der Waals surface area (Å²) >= 11 is 6.96. The SMILES string of the molecule is NC(CCSCCC(O)(c1ccc(-c2ccc(Cl)cc2)cc1)C(F)(F)F)C(=O)O. The number of hydrogen-bond acceptors (Lipinski definition) is 4. The van der Waals surface area contributed by atoms with Gasteiger partial charge >= 0.3 is 12.1 Å². The molecule has 0 aliphatic heterocycles. The van der Waals surface area contributed by atoms with Crippen LogP contribution >= 0.6 is 23.4 Å². The van der Waals surface area contributed by atoms with Gasteiger partial charge in [0, 0.05) is 5.02 Å². The molecule has 2 aromatic rings. The minimum atomic E-state index is -4.85. The van der Waals surface area contributed by atoms with Crippen molar-refractivity contribution in [1.29, 1.82) is 0 Å². The standard InChI is InChI=1S/C20H21ClF3NO3S/c21-16-7-3-14(4-8-16)13-1-5-15(6-2-13)19(28,20(22,23)24)10-12-29-11-9-17(25)18(26)27/h1-8,17,28H,9-12,25H2,(H,26,27). The Hall–Kier alpha value is -1.74. The van der Waals surface area contributed by atoms with Crippen molar-refractivity contribution in [2.24, 2.45) is 5.73 Å². The summed E-state index contributed by atoms with van der Waals surface area (Å²) in [6.45, 7) is 0. The van der Waals surface area contributed by atoms with Crippen molar-refractivity contribution in [1.82, 2.24) is 0 Å². The van der Waals surface area contributed by atoms with Crippen molar-refractivity contribution in [2.45, 2.75) is 30.7 Å². The smallest absolute Gasteiger partial charge is 0.421 e. The van der Waals surface area contributed by atoms with E-state index in [-0.39, 0.29) is 23.5 Å². The first-order valence-corrected chi connectivity index (χ1v) is 10.3. The second-order valence-corrected chi connectivity index (χ2v) is 8.20. The highest BCUT2D eigenvalue weighted by molar-refractivity contribution is 7.99. The molecule has 0 fully saturated rings. The van der Waals surface area contributed by atoms with Crippen LogP contribution in [0.4, 0.5) is 13.2 Å². The molecule has 0 saturated heterocycles. The average molecular weight is 448 g/mol. The van der Waals surface area contributed by atoms with E-state index in [1.807, 2.05) is 0 Å². The second kappa shape index (κ2) is 9.84. The molecule has 0 amide bonds. The van der Waals surface area contributed by atoms with Crippen LogP contribution in [-0.2, 0) is 10.4 Å². The topological polar surface area (TPSA) is 83.5 Å². The Morgan fingerprint density at radius 2 is 1.55 bits per heavy atom. The van der Waals surface area contributed by atoms with Crippen LogP contribution in [-0.4, -0.2) is 39.9 Å². The Balaban J connectivity index is 2.08. The van der Waals surface area contributed by atoms with Gasteiger partial charge in [0.05, 0.1) is 0 Å². The number of benzene rings is 2. The lowest BCUT2D eigenvalue weighted by molar-refractivity contribution is -0.267. The van der Waals surface area contributed by atoms with E-state index in [0.29, 0.717) is 10.6 Å². The fourth-order valence-corrected chi connectivity index (χ4v) is 3.88. The van der Waals surface area contributed by atoms with Crippen LogP contribution < -0.4 is 5.73 Å². The van der Waals surface area contributed by atoms with Crippen LogP contribution in [0.15, 0.2) is 48.5 Å². The molecule has 0 spiro atoms. The molecule has 0 aliphatic rings. The van der Waals surface area contributed by atoms with Crippen molar-refractivity contribution in [2.75, 3.05) is 11.5 Å². The summed E-state index contributed by atoms with van der Waals surface area (Å²) in [4.78, 5) is 10.7. The molecule has 0 aliphatic carbocycles. The Kier molecular flexibility index (Phi) is 7.99. The number of alkyl halides is 3. The summed E-state index contributed by atoms with van der Waals surface area (Å²) in [5, 5.41) is 19.7. The van der Waals surface area contributed by atoms with Gasteiger partial charge in [-0.3, -0.25) is 4.79 Å². The molecular formula is C20H21ClF3NO3S. The van der Waals surface area contributed by atoms with E-state index in [2.05, 4.69) is 0 Å². The van der Waals surface area contributed by atoms with Crippen LogP contribution in [0.3, 0.4) is 0 Å². The summed E-state index contributed by atoms with van der Waals surface area (Å²) < 4.78 is 40.9. The van der Waals surface area contributed by atoms with Gasteiger partial charge in [-0.2, -0.15) is 24.9 Å². The summed E-state index contributed by atoms with van der Waals surface area (Å²) in [7, 11) is 0. The highest BCUT2D eigenvalue weighted by atomic mass is 35.5. The fraction of sp³-hybridized carbons (Fsp3) is 0.350. The van der Waals surface area contributed by atoms with Crippen molar-refractivity contribution in [3.05, 3.63) is 59.1 Å². The summed E-state index contributed by atoms with van der Waals surface area (Å²) in [6, 6.07) is 11.4. The van der Waals surface area contributed by atoms with Gasteiger partial charge in [-0.05, 0) is 53.2 Å². The molecule has 0 radical (unpaired) electrons. The number of carboxylic acids is 1. The molecule has 29 heavy (non-hydrogen) atoms. The molecule has 4 nitrogen and oxygen atoms in total. The normalized spacial score (nSPS) is 15.0. The first kappa shape index (κ1) is 23.5. The third-order valence-corrected chi connectivity index (χ3v) is 5.78. The third kappa shape index (κ3) is 6.12. The third-order valence-electron chi connectivity index (χ3n) is 4.51. The molecule has 9 heteroatoms. The predicted molar refractivity (Wildman–Crippen MR) is 109 cm³/mol. The van der Waals surface area contributed by atoms with E-state index >= 15 is 0 Å². The van der Waals surface area contributed by atoms with Gasteiger partial charge < -0.3 is 15.9 Å². The predicted octanol–water partition coefficient (Wildman–Crippen LogP) is 4.68. The maximum atomic E-state index is 13.6. The number of halogens is 4. The number of aliphatic hydroxyl groups is 1. The summed E-state index contributed by atoms with van der Waals surface area (Å²) in [6.07, 6.45) is -5.27. The lowest BCUT2D eigenvalue weighted by atomic mass is 9.89. The van der Waals surface area contributed by atoms with Crippen LogP contribution in [0.25, 0.3) is 11.1 Å². The zero-order valence-corrected chi connectivity index (χ0v) is 16.9. The second-order valence-electron chi connectivity index (χ2n) is 6.54. The van der Waals surface area contributed by atoms with Gasteiger partial charge in [0.1, 0.15) is 6.04 Å². The fourth-order valence-electron chi connectivity index (χ4n) is 2.69. The van der Waals surface area contributed by atoms with E-state index in [1.54, 1.807) is 24.3 Å². The van der Waals surface area contributed by atoms with Gasteiger partial charge in [0.25, 0.3) is 0 Å². The zero-order chi connectivity index (χ0) is 21.7. The van der Waals surface area contributed by atoms with Crippen molar-refractivity contribution < 1.29 is 28.2 Å². The van der Waals surface area contributed by atoms with E-state index in [0.717, 1.165) is 17.3 Å². The zero-order valence-electron chi connectivity index (χ0n) is 15.3. The number of carbonyl (C=O) groups is 1. The van der Waals surface area contributed by atoms with Gasteiger partial charge in [0.15, 0.2) is 5.60 Å². The molecule has 2 aromatic carbocycles. The summed E-state index contributed by atoms with van der Waals surface area (Å²) in [5.41, 5.74) is 3.62. The number of thioether (sulfide) groups is 1. The average Bonchev–Trinajstić information content (AvgIpc) is 2.67. The Morgan fingerprint density at radius 3 is 2.03 bits per heavy atom. The number of rotatable bonds is 9. The van der Waals surface area contributed by atoms with Crippen molar-refractivity contribution >= 4 is 29.3 Å². The van der Waals surface area contributed by atoms with E-state index < -0.39 is 30.2 Å². The number of carboxylic acid groups (broad SMARTS) is 1. The highest BCUT2D eigenvalue weighted by Gasteiger charge is 2.54. The number of hydrogen-bond donors (Lipinski definition) is 3. The minimum Gasteiger partial charge on any atom is -0.480 e. The lowest BCUT2D eigenvalue weighted by Crippen LogP contribution is -2.42. The molecular weight excluding hydrogens is 427 g/mol. The van der Waals surface area contributed by atoms with Crippen molar-refractivity contribution in [3.63, 3.8) is 0 Å². The molecule has 4 N–H and O–H groups in total. The molecule has 0 heterocycles. The maximum Gasteiger partial charge on any atom is 0.421 e. The molecule has 0 bridgehead atoms.